The number of nitrogens with one attached hydrogen (secondary N) is 2. The maximum atomic E-state index is 13.1. The lowest BCUT2D eigenvalue weighted by atomic mass is 10.0. The summed E-state index contributed by atoms with van der Waals surface area (Å²) in [6.45, 7) is 3.30. The third-order valence-corrected chi connectivity index (χ3v) is 7.28. The van der Waals surface area contributed by atoms with Gasteiger partial charge in [0.05, 0.1) is 9.82 Å². The van der Waals surface area contributed by atoms with Crippen LogP contribution in [-0.4, -0.2) is 69.5 Å². The third-order valence-electron chi connectivity index (χ3n) is 5.82. The van der Waals surface area contributed by atoms with Crippen molar-refractivity contribution in [2.24, 2.45) is 0 Å². The molecule has 0 saturated carbocycles. The summed E-state index contributed by atoms with van der Waals surface area (Å²) in [5.74, 6) is -0.257. The van der Waals surface area contributed by atoms with Crippen LogP contribution in [0.4, 0.5) is 15.8 Å². The third kappa shape index (κ3) is 7.45. The molecule has 0 atom stereocenters. The molecule has 0 aliphatic carbocycles. The molecule has 186 valence electrons. The van der Waals surface area contributed by atoms with Crippen molar-refractivity contribution in [1.82, 2.24) is 14.5 Å². The molecule has 0 spiro atoms. The molecule has 9 nitrogen and oxygen atoms in total. The number of hydrogen-bond acceptors (Lipinski definition) is 7. The number of nitrogens with zero attached hydrogens (tertiary/aromatic N) is 3. The summed E-state index contributed by atoms with van der Waals surface area (Å²) >= 11 is 0. The number of sulfonamides is 1. The zero-order chi connectivity index (χ0) is 24.7. The second kappa shape index (κ2) is 11.7. The first kappa shape index (κ1) is 26.0. The molecule has 1 aliphatic rings. The number of hydrogen-bond donors (Lipinski definition) is 2. The van der Waals surface area contributed by atoms with E-state index >= 15 is 0 Å². The highest BCUT2D eigenvalue weighted by molar-refractivity contribution is 7.89. The van der Waals surface area contributed by atoms with E-state index in [0.717, 1.165) is 50.7 Å². The molecular weight excluding hydrogens is 461 g/mol. The summed E-state index contributed by atoms with van der Waals surface area (Å²) in [5, 5.41) is 14.9. The fourth-order valence-electron chi connectivity index (χ4n) is 3.94. The van der Waals surface area contributed by atoms with Crippen molar-refractivity contribution >= 4 is 21.4 Å². The van der Waals surface area contributed by atoms with Crippen LogP contribution in [0.2, 0.25) is 0 Å². The van der Waals surface area contributed by atoms with E-state index in [2.05, 4.69) is 14.9 Å². The molecule has 0 radical (unpaired) electrons. The first-order valence-corrected chi connectivity index (χ1v) is 12.8. The summed E-state index contributed by atoms with van der Waals surface area (Å²) in [6, 6.07) is 10.5. The van der Waals surface area contributed by atoms with Gasteiger partial charge in [-0.1, -0.05) is 12.1 Å². The highest BCUT2D eigenvalue weighted by Crippen LogP contribution is 2.29. The maximum Gasteiger partial charge on any atom is 0.293 e. The number of nitro groups is 1. The van der Waals surface area contributed by atoms with Gasteiger partial charge in [0.15, 0.2) is 0 Å². The Labute approximate surface area is 200 Å². The monoisotopic (exact) mass is 493 g/mol. The van der Waals surface area contributed by atoms with Crippen LogP contribution in [0.15, 0.2) is 47.4 Å². The number of halogens is 1. The number of rotatable bonds is 11. The average Bonchev–Trinajstić information content (AvgIpc) is 2.79. The van der Waals surface area contributed by atoms with Gasteiger partial charge in [-0.25, -0.2) is 17.5 Å². The lowest BCUT2D eigenvalue weighted by Crippen LogP contribution is -2.38. The number of piperidine rings is 1. The van der Waals surface area contributed by atoms with Crippen LogP contribution in [0.25, 0.3) is 0 Å². The number of likely N-dealkylation sites (tertiary alicyclic amines) is 1. The molecule has 1 aliphatic heterocycles. The normalized spacial score (nSPS) is 15.5. The molecule has 1 fully saturated rings. The van der Waals surface area contributed by atoms with E-state index in [0.29, 0.717) is 12.1 Å². The fraction of sp³-hybridized carbons (Fsp3) is 0.478. The van der Waals surface area contributed by atoms with E-state index < -0.39 is 14.9 Å². The Balaban J connectivity index is 1.59. The predicted molar refractivity (Wildman–Crippen MR) is 130 cm³/mol. The first-order chi connectivity index (χ1) is 16.1. The highest BCUT2D eigenvalue weighted by Gasteiger charge is 2.25. The Morgan fingerprint density at radius 3 is 2.44 bits per heavy atom. The fourth-order valence-corrected chi connectivity index (χ4v) is 5.03. The molecule has 0 unspecified atom stereocenters. The first-order valence-electron chi connectivity index (χ1n) is 11.3. The summed E-state index contributed by atoms with van der Waals surface area (Å²) < 4.78 is 40.7. The van der Waals surface area contributed by atoms with Gasteiger partial charge in [-0.15, -0.1) is 0 Å². The molecule has 0 bridgehead atoms. The Hall–Kier alpha value is -2.60. The molecule has 2 aromatic rings. The molecule has 0 aromatic heterocycles. The van der Waals surface area contributed by atoms with Crippen molar-refractivity contribution in [2.75, 3.05) is 45.6 Å². The highest BCUT2D eigenvalue weighted by atomic mass is 32.2. The van der Waals surface area contributed by atoms with Gasteiger partial charge in [-0.3, -0.25) is 15.0 Å². The van der Waals surface area contributed by atoms with E-state index in [-0.39, 0.29) is 29.0 Å². The summed E-state index contributed by atoms with van der Waals surface area (Å²) in [4.78, 5) is 15.2. The van der Waals surface area contributed by atoms with Crippen molar-refractivity contribution in [2.45, 2.75) is 36.7 Å². The van der Waals surface area contributed by atoms with Crippen LogP contribution in [-0.2, 0) is 16.6 Å². The molecule has 1 heterocycles. The van der Waals surface area contributed by atoms with Crippen LogP contribution in [0.1, 0.15) is 24.8 Å². The predicted octanol–water partition coefficient (Wildman–Crippen LogP) is 3.04. The van der Waals surface area contributed by atoms with Crippen LogP contribution >= 0.6 is 0 Å². The quantitative estimate of drug-likeness (QED) is 0.281. The molecule has 3 rings (SSSR count). The zero-order valence-corrected chi connectivity index (χ0v) is 20.4. The molecule has 11 heteroatoms. The van der Waals surface area contributed by atoms with Gasteiger partial charge in [-0.2, -0.15) is 0 Å². The van der Waals surface area contributed by atoms with Crippen LogP contribution in [0.3, 0.4) is 0 Å². The van der Waals surface area contributed by atoms with Gasteiger partial charge in [0.2, 0.25) is 10.0 Å². The summed E-state index contributed by atoms with van der Waals surface area (Å²) in [5.41, 5.74) is 1.09. The molecule has 2 N–H and O–H groups in total. The molecule has 2 aromatic carbocycles. The van der Waals surface area contributed by atoms with Crippen molar-refractivity contribution in [3.8, 4) is 0 Å². The largest absolute Gasteiger partial charge is 0.377 e. The van der Waals surface area contributed by atoms with Crippen LogP contribution < -0.4 is 10.0 Å². The minimum Gasteiger partial charge on any atom is -0.377 e. The van der Waals surface area contributed by atoms with Gasteiger partial charge in [0, 0.05) is 38.3 Å². The van der Waals surface area contributed by atoms with Crippen molar-refractivity contribution in [3.63, 3.8) is 0 Å². The van der Waals surface area contributed by atoms with E-state index in [1.165, 1.54) is 24.3 Å². The van der Waals surface area contributed by atoms with E-state index in [4.69, 9.17) is 0 Å². The van der Waals surface area contributed by atoms with Crippen molar-refractivity contribution < 1.29 is 17.7 Å². The lowest BCUT2D eigenvalue weighted by molar-refractivity contribution is -0.384. The molecular formula is C23H32FN5O4S. The second-order valence-corrected chi connectivity index (χ2v) is 10.6. The Bertz CT molecular complexity index is 1070. The molecule has 0 amide bonds. The Kier molecular flexibility index (Phi) is 8.95. The number of benzene rings is 2. The van der Waals surface area contributed by atoms with Gasteiger partial charge in [-0.05, 0) is 69.7 Å². The minimum absolute atomic E-state index is 0.0368. The summed E-state index contributed by atoms with van der Waals surface area (Å²) in [7, 11) is -0.0312. The lowest BCUT2D eigenvalue weighted by Gasteiger charge is -2.32. The zero-order valence-electron chi connectivity index (χ0n) is 19.5. The number of anilines is 1. The van der Waals surface area contributed by atoms with E-state index in [1.54, 1.807) is 12.1 Å². The van der Waals surface area contributed by atoms with Crippen LogP contribution in [0.5, 0.6) is 0 Å². The molecule has 1 saturated heterocycles. The van der Waals surface area contributed by atoms with Gasteiger partial charge < -0.3 is 10.2 Å². The van der Waals surface area contributed by atoms with Crippen molar-refractivity contribution in [3.05, 3.63) is 64.0 Å². The number of nitro benzene ring substituents is 1. The van der Waals surface area contributed by atoms with E-state index in [1.807, 2.05) is 19.0 Å². The SMILES string of the molecule is CN(C)CCCNS(=O)(=O)c1ccc(NC2CCN(Cc3ccc(F)cc3)CC2)c([N+](=O)[O-])c1. The Morgan fingerprint density at radius 1 is 1.15 bits per heavy atom. The van der Waals surface area contributed by atoms with E-state index in [9.17, 15) is 22.9 Å². The topological polar surface area (TPSA) is 108 Å². The van der Waals surface area contributed by atoms with Gasteiger partial charge in [0.25, 0.3) is 5.69 Å². The smallest absolute Gasteiger partial charge is 0.293 e. The Morgan fingerprint density at radius 2 is 1.82 bits per heavy atom. The maximum absolute atomic E-state index is 13.1. The second-order valence-electron chi connectivity index (χ2n) is 8.81. The van der Waals surface area contributed by atoms with Crippen molar-refractivity contribution in [1.29, 1.82) is 0 Å². The molecule has 34 heavy (non-hydrogen) atoms. The van der Waals surface area contributed by atoms with Gasteiger partial charge >= 0.3 is 0 Å². The standard InChI is InChI=1S/C23H32FN5O4S/c1-27(2)13-3-12-25-34(32,33)21-8-9-22(23(16-21)29(30)31)26-20-10-14-28(15-11-20)17-18-4-6-19(24)7-5-18/h4-9,16,20,25-26H,3,10-15,17H2,1-2H3. The minimum atomic E-state index is -3.83. The van der Waals surface area contributed by atoms with Crippen LogP contribution in [0, 0.1) is 15.9 Å². The van der Waals surface area contributed by atoms with Gasteiger partial charge in [0.1, 0.15) is 11.5 Å². The summed E-state index contributed by atoms with van der Waals surface area (Å²) in [6.07, 6.45) is 2.20. The average molecular weight is 494 g/mol.